The molecule has 0 atom stereocenters. The van der Waals surface area contributed by atoms with Gasteiger partial charge in [0, 0.05) is 5.02 Å². The van der Waals surface area contributed by atoms with E-state index in [1.807, 2.05) is 24.3 Å². The third kappa shape index (κ3) is 3.78. The number of hydrogen-bond acceptors (Lipinski definition) is 3. The van der Waals surface area contributed by atoms with Gasteiger partial charge in [0.1, 0.15) is 6.34 Å². The zero-order chi connectivity index (χ0) is 9.52. The predicted octanol–water partition coefficient (Wildman–Crippen LogP) is 1.35. The van der Waals surface area contributed by atoms with E-state index < -0.39 is 0 Å². The van der Waals surface area contributed by atoms with Gasteiger partial charge >= 0.3 is 0 Å². The maximum absolute atomic E-state index is 8.14. The van der Waals surface area contributed by atoms with E-state index in [-0.39, 0.29) is 0 Å². The highest BCUT2D eigenvalue weighted by Gasteiger charge is 1.90. The summed E-state index contributed by atoms with van der Waals surface area (Å²) in [6.07, 6.45) is 1.15. The summed E-state index contributed by atoms with van der Waals surface area (Å²) in [6.45, 7) is 0.593. The Labute approximate surface area is 81.2 Å². The molecule has 0 saturated heterocycles. The molecule has 0 aliphatic rings. The number of halogens is 1. The van der Waals surface area contributed by atoms with E-state index in [9.17, 15) is 0 Å². The summed E-state index contributed by atoms with van der Waals surface area (Å²) in [6, 6.07) is 7.42. The molecule has 0 aliphatic carbocycles. The van der Waals surface area contributed by atoms with Gasteiger partial charge in [-0.1, -0.05) is 23.7 Å². The molecule has 0 radical (unpaired) electrons. The molecule has 0 fully saturated rings. The average Bonchev–Trinajstić information content (AvgIpc) is 2.15. The van der Waals surface area contributed by atoms with Crippen LogP contribution in [-0.2, 0) is 6.54 Å². The Hall–Kier alpha value is -1.26. The van der Waals surface area contributed by atoms with Gasteiger partial charge < -0.3 is 5.43 Å². The molecule has 0 amide bonds. The lowest BCUT2D eigenvalue weighted by atomic mass is 10.2. The molecular formula is C8H10ClN3O. The Balaban J connectivity index is 2.37. The Morgan fingerprint density at radius 3 is 2.69 bits per heavy atom. The van der Waals surface area contributed by atoms with Crippen LogP contribution >= 0.6 is 11.6 Å². The molecule has 1 aromatic carbocycles. The topological polar surface area (TPSA) is 56.6 Å². The first-order chi connectivity index (χ1) is 6.33. The SMILES string of the molecule is ONC=NNCc1ccc(Cl)cc1. The number of hydroxylamine groups is 1. The number of hydrazone groups is 1. The first kappa shape index (κ1) is 9.83. The summed E-state index contributed by atoms with van der Waals surface area (Å²) in [5.41, 5.74) is 5.58. The molecule has 13 heavy (non-hydrogen) atoms. The minimum Gasteiger partial charge on any atom is -0.304 e. The number of nitrogens with zero attached hydrogens (tertiary/aromatic N) is 1. The van der Waals surface area contributed by atoms with Crippen molar-refractivity contribution in [1.29, 1.82) is 0 Å². The summed E-state index contributed by atoms with van der Waals surface area (Å²) in [5, 5.41) is 12.5. The lowest BCUT2D eigenvalue weighted by molar-refractivity contribution is 0.239. The van der Waals surface area contributed by atoms with Crippen molar-refractivity contribution in [3.05, 3.63) is 34.9 Å². The van der Waals surface area contributed by atoms with Crippen molar-refractivity contribution >= 4 is 17.9 Å². The normalized spacial score (nSPS) is 10.3. The fourth-order valence-electron chi connectivity index (χ4n) is 0.814. The molecule has 3 N–H and O–H groups in total. The molecule has 0 heterocycles. The molecule has 4 nitrogen and oxygen atoms in total. The lowest BCUT2D eigenvalue weighted by Crippen LogP contribution is -2.10. The summed E-state index contributed by atoms with van der Waals surface area (Å²) >= 11 is 5.70. The standard InChI is InChI=1S/C8H10ClN3O/c9-8-3-1-7(2-4-8)5-10-11-6-12-13/h1-4,6,10,13H,5H2,(H,11,12). The average molecular weight is 200 g/mol. The van der Waals surface area contributed by atoms with Crippen molar-refractivity contribution in [2.24, 2.45) is 5.10 Å². The smallest absolute Gasteiger partial charge is 0.132 e. The molecule has 0 bridgehead atoms. The molecule has 0 saturated carbocycles. The van der Waals surface area contributed by atoms with E-state index in [4.69, 9.17) is 16.8 Å². The summed E-state index contributed by atoms with van der Waals surface area (Å²) in [4.78, 5) is 0. The maximum atomic E-state index is 8.14. The highest BCUT2D eigenvalue weighted by Crippen LogP contribution is 2.08. The monoisotopic (exact) mass is 199 g/mol. The summed E-state index contributed by atoms with van der Waals surface area (Å²) in [5.74, 6) is 0. The molecule has 1 rings (SSSR count). The highest BCUT2D eigenvalue weighted by atomic mass is 35.5. The number of benzene rings is 1. The van der Waals surface area contributed by atoms with E-state index in [0.717, 1.165) is 11.9 Å². The second kappa shape index (κ2) is 5.40. The van der Waals surface area contributed by atoms with Crippen molar-refractivity contribution in [3.63, 3.8) is 0 Å². The van der Waals surface area contributed by atoms with Crippen LogP contribution in [0.1, 0.15) is 5.56 Å². The van der Waals surface area contributed by atoms with E-state index >= 15 is 0 Å². The Morgan fingerprint density at radius 1 is 1.38 bits per heavy atom. The van der Waals surface area contributed by atoms with E-state index in [1.54, 1.807) is 5.48 Å². The van der Waals surface area contributed by atoms with Crippen LogP contribution < -0.4 is 10.9 Å². The maximum Gasteiger partial charge on any atom is 0.132 e. The van der Waals surface area contributed by atoms with Crippen molar-refractivity contribution < 1.29 is 5.21 Å². The zero-order valence-electron chi connectivity index (χ0n) is 6.87. The molecule has 0 aliphatic heterocycles. The van der Waals surface area contributed by atoms with Crippen LogP contribution in [0.15, 0.2) is 29.4 Å². The lowest BCUT2D eigenvalue weighted by Gasteiger charge is -1.99. The second-order valence-corrected chi connectivity index (χ2v) is 2.79. The molecule has 5 heteroatoms. The fourth-order valence-corrected chi connectivity index (χ4v) is 0.940. The van der Waals surface area contributed by atoms with E-state index in [0.29, 0.717) is 11.6 Å². The molecule has 0 unspecified atom stereocenters. The van der Waals surface area contributed by atoms with Crippen molar-refractivity contribution in [3.8, 4) is 0 Å². The van der Waals surface area contributed by atoms with Gasteiger partial charge in [-0.3, -0.25) is 10.7 Å². The number of nitrogens with one attached hydrogen (secondary N) is 2. The Morgan fingerprint density at radius 2 is 2.08 bits per heavy atom. The van der Waals surface area contributed by atoms with Crippen LogP contribution in [0, 0.1) is 0 Å². The molecule has 0 aromatic heterocycles. The zero-order valence-corrected chi connectivity index (χ0v) is 7.62. The summed E-state index contributed by atoms with van der Waals surface area (Å²) < 4.78 is 0. The van der Waals surface area contributed by atoms with Gasteiger partial charge in [-0.05, 0) is 17.7 Å². The van der Waals surface area contributed by atoms with Gasteiger partial charge in [0.05, 0.1) is 6.54 Å². The van der Waals surface area contributed by atoms with Gasteiger partial charge in [0.2, 0.25) is 0 Å². The third-order valence-corrected chi connectivity index (χ3v) is 1.66. The van der Waals surface area contributed by atoms with Gasteiger partial charge in [0.25, 0.3) is 0 Å². The molecule has 70 valence electrons. The predicted molar refractivity (Wildman–Crippen MR) is 51.7 cm³/mol. The van der Waals surface area contributed by atoms with Gasteiger partial charge in [0.15, 0.2) is 0 Å². The van der Waals surface area contributed by atoms with Crippen LogP contribution in [0.5, 0.6) is 0 Å². The van der Waals surface area contributed by atoms with E-state index in [1.165, 1.54) is 0 Å². The second-order valence-electron chi connectivity index (χ2n) is 2.35. The van der Waals surface area contributed by atoms with Crippen LogP contribution in [0.4, 0.5) is 0 Å². The first-order valence-corrected chi connectivity index (χ1v) is 4.09. The van der Waals surface area contributed by atoms with Crippen LogP contribution in [0.3, 0.4) is 0 Å². The van der Waals surface area contributed by atoms with Crippen LogP contribution in [0.2, 0.25) is 5.02 Å². The first-order valence-electron chi connectivity index (χ1n) is 3.71. The molecule has 1 aromatic rings. The Bertz CT molecular complexity index is 273. The van der Waals surface area contributed by atoms with Crippen molar-refractivity contribution in [1.82, 2.24) is 10.9 Å². The van der Waals surface area contributed by atoms with Crippen LogP contribution in [0.25, 0.3) is 0 Å². The highest BCUT2D eigenvalue weighted by molar-refractivity contribution is 6.30. The molecule has 0 spiro atoms. The van der Waals surface area contributed by atoms with Crippen LogP contribution in [-0.4, -0.2) is 11.5 Å². The molecular weight excluding hydrogens is 190 g/mol. The largest absolute Gasteiger partial charge is 0.304 e. The van der Waals surface area contributed by atoms with Crippen molar-refractivity contribution in [2.75, 3.05) is 0 Å². The van der Waals surface area contributed by atoms with Crippen molar-refractivity contribution in [2.45, 2.75) is 6.54 Å². The minimum atomic E-state index is 0.593. The number of hydrogen-bond donors (Lipinski definition) is 3. The van der Waals surface area contributed by atoms with Gasteiger partial charge in [-0.2, -0.15) is 5.10 Å². The quantitative estimate of drug-likeness (QED) is 0.390. The minimum absolute atomic E-state index is 0.593. The van der Waals surface area contributed by atoms with E-state index in [2.05, 4.69) is 10.5 Å². The summed E-state index contributed by atoms with van der Waals surface area (Å²) in [7, 11) is 0. The number of rotatable bonds is 4. The Kier molecular flexibility index (Phi) is 4.08. The third-order valence-electron chi connectivity index (χ3n) is 1.41. The van der Waals surface area contributed by atoms with Gasteiger partial charge in [-0.25, -0.2) is 0 Å². The fraction of sp³-hybridized carbons (Fsp3) is 0.125. The van der Waals surface area contributed by atoms with Gasteiger partial charge in [-0.15, -0.1) is 0 Å².